The molecule has 5 nitrogen and oxygen atoms in total. The van der Waals surface area contributed by atoms with E-state index < -0.39 is 0 Å². The van der Waals surface area contributed by atoms with Gasteiger partial charge in [0.2, 0.25) is 0 Å². The van der Waals surface area contributed by atoms with Gasteiger partial charge in [-0.05, 0) is 31.7 Å². The number of hydrogen-bond donors (Lipinski definition) is 0. The van der Waals surface area contributed by atoms with Gasteiger partial charge in [0.25, 0.3) is 0 Å². The van der Waals surface area contributed by atoms with Crippen LogP contribution in [0.15, 0.2) is 41.0 Å². The molecule has 96 valence electrons. The Labute approximate surface area is 110 Å². The molecule has 1 saturated carbocycles. The van der Waals surface area contributed by atoms with E-state index in [9.17, 15) is 0 Å². The minimum absolute atomic E-state index is 0.209. The van der Waals surface area contributed by atoms with Gasteiger partial charge in [-0.3, -0.25) is 9.56 Å². The number of imidazole rings is 1. The monoisotopic (exact) mass is 253 g/mol. The zero-order valence-corrected chi connectivity index (χ0v) is 10.7. The van der Waals surface area contributed by atoms with E-state index in [4.69, 9.17) is 9.98 Å². The molecule has 2 aromatic rings. The second kappa shape index (κ2) is 3.98. The first-order valence-electron chi connectivity index (χ1n) is 6.80. The summed E-state index contributed by atoms with van der Waals surface area (Å²) in [6, 6.07) is 1.96. The Morgan fingerprint density at radius 2 is 1.95 bits per heavy atom. The van der Waals surface area contributed by atoms with Gasteiger partial charge in [-0.2, -0.15) is 0 Å². The van der Waals surface area contributed by atoms with E-state index in [0.29, 0.717) is 0 Å². The maximum absolute atomic E-state index is 4.92. The van der Waals surface area contributed by atoms with Crippen LogP contribution in [-0.4, -0.2) is 20.2 Å². The van der Waals surface area contributed by atoms with Gasteiger partial charge in [-0.15, -0.1) is 0 Å². The third-order valence-corrected chi connectivity index (χ3v) is 3.94. The lowest BCUT2D eigenvalue weighted by Crippen LogP contribution is -2.28. The van der Waals surface area contributed by atoms with Crippen molar-refractivity contribution in [2.75, 3.05) is 0 Å². The standard InChI is InChI=1S/C14H15N5/c1-2-5-14(6-3-1)17-11-4-7-16-13(12(11)18-14)19-9-8-15-10-19/h4,7-10H,1-3,5-6H2. The van der Waals surface area contributed by atoms with Gasteiger partial charge in [0.05, 0.1) is 5.36 Å². The molecule has 1 aliphatic heterocycles. The molecular weight excluding hydrogens is 238 g/mol. The largest absolute Gasteiger partial charge is 0.289 e. The summed E-state index contributed by atoms with van der Waals surface area (Å²) >= 11 is 0. The second-order valence-corrected chi connectivity index (χ2v) is 5.24. The molecule has 0 saturated heterocycles. The van der Waals surface area contributed by atoms with Gasteiger partial charge in [-0.25, -0.2) is 15.0 Å². The first kappa shape index (κ1) is 10.8. The quantitative estimate of drug-likeness (QED) is 0.766. The highest BCUT2D eigenvalue weighted by Crippen LogP contribution is 2.33. The van der Waals surface area contributed by atoms with Gasteiger partial charge in [0, 0.05) is 18.6 Å². The van der Waals surface area contributed by atoms with Crippen LogP contribution in [0.2, 0.25) is 0 Å². The molecule has 0 radical (unpaired) electrons. The lowest BCUT2D eigenvalue weighted by Gasteiger charge is -2.27. The summed E-state index contributed by atoms with van der Waals surface area (Å²) in [6.45, 7) is 0. The van der Waals surface area contributed by atoms with E-state index in [1.165, 1.54) is 19.3 Å². The van der Waals surface area contributed by atoms with E-state index in [-0.39, 0.29) is 5.66 Å². The average Bonchev–Trinajstić information content (AvgIpc) is 3.05. The van der Waals surface area contributed by atoms with Gasteiger partial charge in [0.15, 0.2) is 11.5 Å². The summed E-state index contributed by atoms with van der Waals surface area (Å²) in [4.78, 5) is 18.3. The maximum Gasteiger partial charge on any atom is 0.165 e. The predicted octanol–water partition coefficient (Wildman–Crippen LogP) is 1.18. The highest BCUT2D eigenvalue weighted by Gasteiger charge is 2.33. The van der Waals surface area contributed by atoms with Gasteiger partial charge >= 0.3 is 0 Å². The smallest absolute Gasteiger partial charge is 0.165 e. The number of aromatic nitrogens is 3. The maximum atomic E-state index is 4.92. The highest BCUT2D eigenvalue weighted by atomic mass is 15.2. The number of pyridine rings is 1. The molecule has 1 aliphatic carbocycles. The Morgan fingerprint density at radius 1 is 1.05 bits per heavy atom. The summed E-state index contributed by atoms with van der Waals surface area (Å²) in [5.41, 5.74) is -0.209. The van der Waals surface area contributed by atoms with Crippen molar-refractivity contribution in [3.05, 3.63) is 41.7 Å². The SMILES string of the molecule is c1cn(-c2nccc3c2=NC2(CCCCC2)N=3)cn1. The lowest BCUT2D eigenvalue weighted by atomic mass is 9.90. The summed E-state index contributed by atoms with van der Waals surface area (Å²) < 4.78 is 1.90. The van der Waals surface area contributed by atoms with Crippen molar-refractivity contribution in [2.45, 2.75) is 37.8 Å². The molecule has 0 N–H and O–H groups in total. The molecule has 4 rings (SSSR count). The molecule has 0 unspecified atom stereocenters. The van der Waals surface area contributed by atoms with E-state index >= 15 is 0 Å². The van der Waals surface area contributed by atoms with Crippen molar-refractivity contribution in [1.29, 1.82) is 0 Å². The van der Waals surface area contributed by atoms with Gasteiger partial charge in [0.1, 0.15) is 11.7 Å². The number of nitrogens with zero attached hydrogens (tertiary/aromatic N) is 5. The molecule has 0 bridgehead atoms. The van der Waals surface area contributed by atoms with Crippen LogP contribution in [-0.2, 0) is 0 Å². The Bertz CT molecular complexity index is 711. The third kappa shape index (κ3) is 1.69. The van der Waals surface area contributed by atoms with Crippen LogP contribution in [0.25, 0.3) is 5.82 Å². The van der Waals surface area contributed by atoms with Crippen molar-refractivity contribution in [3.63, 3.8) is 0 Å². The van der Waals surface area contributed by atoms with Crippen LogP contribution >= 0.6 is 0 Å². The molecule has 0 atom stereocenters. The molecule has 2 aromatic heterocycles. The van der Waals surface area contributed by atoms with Crippen molar-refractivity contribution < 1.29 is 0 Å². The van der Waals surface area contributed by atoms with Crippen LogP contribution in [0, 0.1) is 0 Å². The summed E-state index contributed by atoms with van der Waals surface area (Å²) in [5, 5.41) is 1.89. The Morgan fingerprint density at radius 3 is 2.74 bits per heavy atom. The highest BCUT2D eigenvalue weighted by molar-refractivity contribution is 5.23. The molecular formula is C14H15N5. The van der Waals surface area contributed by atoms with Crippen LogP contribution in [0.5, 0.6) is 0 Å². The van der Waals surface area contributed by atoms with E-state index in [1.54, 1.807) is 18.7 Å². The molecule has 5 heteroatoms. The van der Waals surface area contributed by atoms with Gasteiger partial charge in [-0.1, -0.05) is 6.42 Å². The predicted molar refractivity (Wildman–Crippen MR) is 69.5 cm³/mol. The zero-order chi connectivity index (χ0) is 12.7. The number of fused-ring (bicyclic) bond motifs is 1. The fourth-order valence-corrected chi connectivity index (χ4v) is 3.00. The summed E-state index contributed by atoms with van der Waals surface area (Å²) in [6.07, 6.45) is 13.1. The van der Waals surface area contributed by atoms with Crippen LogP contribution in [0.4, 0.5) is 0 Å². The van der Waals surface area contributed by atoms with Crippen LogP contribution in [0.3, 0.4) is 0 Å². The third-order valence-electron chi connectivity index (χ3n) is 3.94. The fraction of sp³-hybridized carbons (Fsp3) is 0.429. The van der Waals surface area contributed by atoms with Crippen LogP contribution < -0.4 is 10.7 Å². The van der Waals surface area contributed by atoms with E-state index in [1.807, 2.05) is 16.8 Å². The summed E-state index contributed by atoms with van der Waals surface area (Å²) in [5.74, 6) is 0.834. The molecule has 0 aromatic carbocycles. The van der Waals surface area contributed by atoms with Crippen molar-refractivity contribution >= 4 is 0 Å². The molecule has 2 aliphatic rings. The Kier molecular flexibility index (Phi) is 2.27. The van der Waals surface area contributed by atoms with Crippen molar-refractivity contribution in [2.24, 2.45) is 9.98 Å². The zero-order valence-electron chi connectivity index (χ0n) is 10.7. The topological polar surface area (TPSA) is 55.4 Å². The Hall–Kier alpha value is -2.04. The number of hydrogen-bond acceptors (Lipinski definition) is 4. The molecule has 3 heterocycles. The minimum atomic E-state index is -0.209. The first-order chi connectivity index (χ1) is 9.36. The number of rotatable bonds is 1. The molecule has 1 spiro atoms. The normalized spacial score (nSPS) is 19.8. The summed E-state index contributed by atoms with van der Waals surface area (Å²) in [7, 11) is 0. The second-order valence-electron chi connectivity index (χ2n) is 5.24. The lowest BCUT2D eigenvalue weighted by molar-refractivity contribution is 0.308. The van der Waals surface area contributed by atoms with Crippen molar-refractivity contribution in [3.8, 4) is 5.82 Å². The fourth-order valence-electron chi connectivity index (χ4n) is 3.00. The van der Waals surface area contributed by atoms with Gasteiger partial charge < -0.3 is 0 Å². The molecule has 1 fully saturated rings. The van der Waals surface area contributed by atoms with Crippen molar-refractivity contribution in [1.82, 2.24) is 14.5 Å². The average molecular weight is 253 g/mol. The van der Waals surface area contributed by atoms with E-state index in [0.717, 1.165) is 29.4 Å². The Balaban J connectivity index is 1.92. The molecule has 0 amide bonds. The first-order valence-corrected chi connectivity index (χ1v) is 6.80. The van der Waals surface area contributed by atoms with E-state index in [2.05, 4.69) is 9.97 Å². The van der Waals surface area contributed by atoms with Crippen LogP contribution in [0.1, 0.15) is 32.1 Å². The minimum Gasteiger partial charge on any atom is -0.289 e. The molecule has 19 heavy (non-hydrogen) atoms.